The molecule has 108 valence electrons. The third kappa shape index (κ3) is 4.06. The molecule has 1 aliphatic heterocycles. The summed E-state index contributed by atoms with van der Waals surface area (Å²) in [7, 11) is 0. The Kier molecular flexibility index (Phi) is 5.43. The predicted molar refractivity (Wildman–Crippen MR) is 74.1 cm³/mol. The molecule has 2 unspecified atom stereocenters. The second-order valence-electron chi connectivity index (χ2n) is 5.47. The maximum atomic E-state index is 8.72. The lowest BCUT2D eigenvalue weighted by Crippen LogP contribution is -2.38. The number of furan rings is 1. The van der Waals surface area contributed by atoms with Gasteiger partial charge < -0.3 is 14.3 Å². The number of nitrogens with zero attached hydrogens (tertiary/aromatic N) is 1. The summed E-state index contributed by atoms with van der Waals surface area (Å²) in [6, 6.07) is 4.50. The largest absolute Gasteiger partial charge is 0.465 e. The average molecular weight is 267 g/mol. The summed E-state index contributed by atoms with van der Waals surface area (Å²) in [6.45, 7) is 7.48. The van der Waals surface area contributed by atoms with E-state index < -0.39 is 0 Å². The molecule has 1 aromatic rings. The van der Waals surface area contributed by atoms with Gasteiger partial charge in [0.05, 0.1) is 25.9 Å². The van der Waals surface area contributed by atoms with Gasteiger partial charge in [0, 0.05) is 6.54 Å². The lowest BCUT2D eigenvalue weighted by Gasteiger charge is -2.37. The Morgan fingerprint density at radius 3 is 2.95 bits per heavy atom. The van der Waals surface area contributed by atoms with E-state index in [2.05, 4.69) is 17.9 Å². The fourth-order valence-electron chi connectivity index (χ4n) is 2.73. The minimum Gasteiger partial charge on any atom is -0.465 e. The van der Waals surface area contributed by atoms with Gasteiger partial charge in [-0.2, -0.15) is 0 Å². The van der Waals surface area contributed by atoms with E-state index in [1.807, 2.05) is 13.0 Å². The lowest BCUT2D eigenvalue weighted by atomic mass is 9.91. The first-order chi connectivity index (χ1) is 9.20. The number of hydrogen-bond donors (Lipinski definition) is 1. The molecule has 1 aromatic heterocycles. The highest BCUT2D eigenvalue weighted by atomic mass is 16.5. The fraction of sp³-hybridized carbons (Fsp3) is 0.733. The first-order valence-electron chi connectivity index (χ1n) is 7.19. The molecule has 0 amide bonds. The van der Waals surface area contributed by atoms with Crippen molar-refractivity contribution in [2.24, 2.45) is 5.92 Å². The van der Waals surface area contributed by atoms with E-state index in [0.29, 0.717) is 19.3 Å². The molecule has 0 spiro atoms. The smallest absolute Gasteiger partial charge is 0.121 e. The van der Waals surface area contributed by atoms with Gasteiger partial charge in [-0.1, -0.05) is 6.92 Å². The van der Waals surface area contributed by atoms with Gasteiger partial charge in [0.2, 0.25) is 0 Å². The summed E-state index contributed by atoms with van der Waals surface area (Å²) in [4.78, 5) is 2.44. The topological polar surface area (TPSA) is 45.8 Å². The maximum absolute atomic E-state index is 8.72. The maximum Gasteiger partial charge on any atom is 0.121 e. The molecule has 4 heteroatoms. The van der Waals surface area contributed by atoms with Crippen LogP contribution in [0.1, 0.15) is 37.3 Å². The zero-order chi connectivity index (χ0) is 13.7. The second kappa shape index (κ2) is 7.08. The number of aliphatic hydroxyl groups excluding tert-OH is 1. The second-order valence-corrected chi connectivity index (χ2v) is 5.47. The molecule has 0 aromatic carbocycles. The van der Waals surface area contributed by atoms with Crippen LogP contribution in [-0.4, -0.2) is 42.9 Å². The zero-order valence-electron chi connectivity index (χ0n) is 12.0. The first kappa shape index (κ1) is 14.6. The van der Waals surface area contributed by atoms with E-state index >= 15 is 0 Å². The number of ether oxygens (including phenoxy) is 1. The van der Waals surface area contributed by atoms with Crippen LogP contribution >= 0.6 is 0 Å². The molecular formula is C15H25NO3. The quantitative estimate of drug-likeness (QED) is 0.804. The van der Waals surface area contributed by atoms with Crippen molar-refractivity contribution in [3.8, 4) is 0 Å². The summed E-state index contributed by atoms with van der Waals surface area (Å²) in [5, 5.41) is 8.72. The minimum absolute atomic E-state index is 0.0951. The number of hydrogen-bond acceptors (Lipinski definition) is 4. The number of rotatable bonds is 6. The third-order valence-corrected chi connectivity index (χ3v) is 3.82. The Hall–Kier alpha value is -0.840. The molecule has 0 bridgehead atoms. The highest BCUT2D eigenvalue weighted by molar-refractivity contribution is 5.11. The van der Waals surface area contributed by atoms with Crippen LogP contribution in [0.3, 0.4) is 0 Å². The molecule has 0 saturated carbocycles. The van der Waals surface area contributed by atoms with E-state index in [-0.39, 0.29) is 6.61 Å². The van der Waals surface area contributed by atoms with Gasteiger partial charge in [-0.05, 0) is 44.4 Å². The molecular weight excluding hydrogens is 242 g/mol. The number of aliphatic hydroxyl groups is 1. The molecule has 0 aliphatic carbocycles. The monoisotopic (exact) mass is 267 g/mol. The molecule has 2 rings (SSSR count). The number of aryl methyl sites for hydroxylation is 1. The van der Waals surface area contributed by atoms with Crippen molar-refractivity contribution in [3.63, 3.8) is 0 Å². The molecule has 2 atom stereocenters. The summed E-state index contributed by atoms with van der Waals surface area (Å²) < 4.78 is 11.2. The zero-order valence-corrected chi connectivity index (χ0v) is 12.0. The van der Waals surface area contributed by atoms with Crippen molar-refractivity contribution in [2.45, 2.75) is 32.7 Å². The normalized spacial score (nSPS) is 24.8. The summed E-state index contributed by atoms with van der Waals surface area (Å²) in [6.07, 6.45) is 2.38. The van der Waals surface area contributed by atoms with E-state index in [4.69, 9.17) is 14.3 Å². The molecule has 1 fully saturated rings. The van der Waals surface area contributed by atoms with Gasteiger partial charge in [0.25, 0.3) is 0 Å². The van der Waals surface area contributed by atoms with Gasteiger partial charge in [-0.15, -0.1) is 0 Å². The Balaban J connectivity index is 1.94. The third-order valence-electron chi connectivity index (χ3n) is 3.82. The average Bonchev–Trinajstić information content (AvgIpc) is 2.82. The van der Waals surface area contributed by atoms with Gasteiger partial charge >= 0.3 is 0 Å². The van der Waals surface area contributed by atoms with Crippen LogP contribution in [0.15, 0.2) is 16.5 Å². The number of piperidine rings is 1. The van der Waals surface area contributed by atoms with E-state index in [1.54, 1.807) is 0 Å². The van der Waals surface area contributed by atoms with Gasteiger partial charge in [0.1, 0.15) is 11.5 Å². The highest BCUT2D eigenvalue weighted by Gasteiger charge is 2.29. The Bertz CT molecular complexity index is 377. The summed E-state index contributed by atoms with van der Waals surface area (Å²) >= 11 is 0. The molecule has 2 heterocycles. The Labute approximate surface area is 115 Å². The van der Waals surface area contributed by atoms with Crippen molar-refractivity contribution in [3.05, 3.63) is 23.7 Å². The van der Waals surface area contributed by atoms with E-state index in [9.17, 15) is 0 Å². The molecule has 1 aliphatic rings. The van der Waals surface area contributed by atoms with Crippen molar-refractivity contribution < 1.29 is 14.3 Å². The van der Waals surface area contributed by atoms with Crippen LogP contribution in [0.5, 0.6) is 0 Å². The van der Waals surface area contributed by atoms with Crippen molar-refractivity contribution >= 4 is 0 Å². The Morgan fingerprint density at radius 1 is 1.42 bits per heavy atom. The molecule has 19 heavy (non-hydrogen) atoms. The SMILES string of the molecule is Cc1ccc(C2CC(C)CCN2CCOCCO)o1. The highest BCUT2D eigenvalue weighted by Crippen LogP contribution is 2.34. The van der Waals surface area contributed by atoms with E-state index in [0.717, 1.165) is 36.9 Å². The van der Waals surface area contributed by atoms with E-state index in [1.165, 1.54) is 6.42 Å². The molecule has 1 N–H and O–H groups in total. The van der Waals surface area contributed by atoms with Crippen LogP contribution in [0, 0.1) is 12.8 Å². The summed E-state index contributed by atoms with van der Waals surface area (Å²) in [5.41, 5.74) is 0. The van der Waals surface area contributed by atoms with Gasteiger partial charge in [-0.25, -0.2) is 0 Å². The molecule has 4 nitrogen and oxygen atoms in total. The first-order valence-corrected chi connectivity index (χ1v) is 7.19. The summed E-state index contributed by atoms with van der Waals surface area (Å²) in [5.74, 6) is 2.79. The molecule has 0 radical (unpaired) electrons. The fourth-order valence-corrected chi connectivity index (χ4v) is 2.73. The van der Waals surface area contributed by atoms with Crippen LogP contribution in [0.25, 0.3) is 0 Å². The van der Waals surface area contributed by atoms with Crippen molar-refractivity contribution in [1.82, 2.24) is 4.90 Å². The van der Waals surface area contributed by atoms with Gasteiger partial charge in [-0.3, -0.25) is 4.90 Å². The van der Waals surface area contributed by atoms with Crippen LogP contribution < -0.4 is 0 Å². The lowest BCUT2D eigenvalue weighted by molar-refractivity contribution is 0.0395. The minimum atomic E-state index is 0.0951. The Morgan fingerprint density at radius 2 is 2.26 bits per heavy atom. The van der Waals surface area contributed by atoms with Crippen LogP contribution in [0.2, 0.25) is 0 Å². The van der Waals surface area contributed by atoms with Crippen molar-refractivity contribution in [2.75, 3.05) is 32.9 Å². The van der Waals surface area contributed by atoms with Gasteiger partial charge in [0.15, 0.2) is 0 Å². The van der Waals surface area contributed by atoms with Crippen molar-refractivity contribution in [1.29, 1.82) is 0 Å². The van der Waals surface area contributed by atoms with Crippen LogP contribution in [0.4, 0.5) is 0 Å². The van der Waals surface area contributed by atoms with Crippen LogP contribution in [-0.2, 0) is 4.74 Å². The molecule has 1 saturated heterocycles. The predicted octanol–water partition coefficient (Wildman–Crippen LogP) is 2.37. The standard InChI is InChI=1S/C15H25NO3/c1-12-5-6-16(7-9-18-10-8-17)14(11-12)15-4-3-13(2)19-15/h3-4,12,14,17H,5-11H2,1-2H3. The number of likely N-dealkylation sites (tertiary alicyclic amines) is 1.